The van der Waals surface area contributed by atoms with Crippen LogP contribution in [0.5, 0.6) is 0 Å². The van der Waals surface area contributed by atoms with Crippen LogP contribution in [0.2, 0.25) is 0 Å². The lowest BCUT2D eigenvalue weighted by atomic mass is 9.31. The Morgan fingerprint density at radius 2 is 1.37 bits per heavy atom. The maximum atomic E-state index is 13.0. The van der Waals surface area contributed by atoms with E-state index in [1.54, 1.807) is 0 Å². The summed E-state index contributed by atoms with van der Waals surface area (Å²) in [5, 5.41) is 0. The molecule has 198 valence electrons. The van der Waals surface area contributed by atoms with Crippen molar-refractivity contribution in [2.24, 2.45) is 56.2 Å². The van der Waals surface area contributed by atoms with E-state index in [4.69, 9.17) is 9.47 Å². The van der Waals surface area contributed by atoms with Crippen molar-refractivity contribution in [2.75, 3.05) is 13.2 Å². The first-order valence-electron chi connectivity index (χ1n) is 15.1. The molecule has 0 aromatic rings. The van der Waals surface area contributed by atoms with Crippen LogP contribution in [0.1, 0.15) is 119 Å². The van der Waals surface area contributed by atoms with Crippen molar-refractivity contribution < 1.29 is 14.3 Å². The molecule has 8 atom stereocenters. The third-order valence-electron chi connectivity index (χ3n) is 14.1. The van der Waals surface area contributed by atoms with Crippen molar-refractivity contribution in [3.05, 3.63) is 0 Å². The molecule has 0 aromatic heterocycles. The van der Waals surface area contributed by atoms with Gasteiger partial charge in [-0.15, -0.1) is 0 Å². The van der Waals surface area contributed by atoms with E-state index in [2.05, 4.69) is 48.5 Å². The second-order valence-electron chi connectivity index (χ2n) is 16.1. The second-order valence-corrected chi connectivity index (χ2v) is 16.1. The Bertz CT molecular complexity index is 885. The molecule has 0 unspecified atom stereocenters. The number of rotatable bonds is 1. The van der Waals surface area contributed by atoms with Crippen LogP contribution in [-0.4, -0.2) is 25.3 Å². The van der Waals surface area contributed by atoms with Gasteiger partial charge in [0.15, 0.2) is 6.29 Å². The van der Waals surface area contributed by atoms with Crippen LogP contribution in [0.25, 0.3) is 0 Å². The summed E-state index contributed by atoms with van der Waals surface area (Å²) >= 11 is 0. The van der Waals surface area contributed by atoms with Crippen molar-refractivity contribution in [3.63, 3.8) is 0 Å². The summed E-state index contributed by atoms with van der Waals surface area (Å²) < 4.78 is 12.7. The Morgan fingerprint density at radius 3 is 2.09 bits per heavy atom. The number of fused-ring (bicyclic) bond motifs is 7. The molecule has 6 aliphatic rings. The average molecular weight is 485 g/mol. The number of carbonyl (C=O) groups is 1. The van der Waals surface area contributed by atoms with Crippen molar-refractivity contribution in [1.29, 1.82) is 0 Å². The van der Waals surface area contributed by atoms with E-state index < -0.39 is 0 Å². The number of hydrogen-bond acceptors (Lipinski definition) is 3. The molecule has 1 aliphatic heterocycles. The molecule has 3 heteroatoms. The standard InChI is InChI=1S/C32H52O3/c1-27(2)14-16-32(26-34-18-19-35-26)17-15-30(6)21(22(32)20-27)8-9-24-29(5)12-11-25(33)28(3,4)23(29)10-13-31(24,30)7/h21-24,26H,8-20H2,1-7H3/t21-,22+,23+,24-,29+,30-,31-,32+/m1/s1. The molecule has 0 spiro atoms. The lowest BCUT2D eigenvalue weighted by Crippen LogP contribution is -2.67. The van der Waals surface area contributed by atoms with Crippen LogP contribution >= 0.6 is 0 Å². The van der Waals surface area contributed by atoms with Crippen molar-refractivity contribution >= 4 is 5.78 Å². The van der Waals surface area contributed by atoms with Gasteiger partial charge in [-0.05, 0) is 110 Å². The normalized spacial score (nSPS) is 53.3. The topological polar surface area (TPSA) is 35.5 Å². The van der Waals surface area contributed by atoms with Crippen LogP contribution in [0.4, 0.5) is 0 Å². The highest BCUT2D eigenvalue weighted by molar-refractivity contribution is 5.85. The number of carbonyl (C=O) groups excluding carboxylic acids is 1. The van der Waals surface area contributed by atoms with E-state index in [-0.39, 0.29) is 17.1 Å². The van der Waals surface area contributed by atoms with E-state index in [0.717, 1.165) is 37.9 Å². The van der Waals surface area contributed by atoms with Gasteiger partial charge < -0.3 is 9.47 Å². The van der Waals surface area contributed by atoms with Gasteiger partial charge in [0.25, 0.3) is 0 Å². The van der Waals surface area contributed by atoms with Gasteiger partial charge in [-0.2, -0.15) is 0 Å². The first-order valence-corrected chi connectivity index (χ1v) is 15.1. The second kappa shape index (κ2) is 7.58. The van der Waals surface area contributed by atoms with Gasteiger partial charge in [0, 0.05) is 17.3 Å². The fraction of sp³-hybridized carbons (Fsp3) is 0.969. The zero-order valence-electron chi connectivity index (χ0n) is 23.8. The summed E-state index contributed by atoms with van der Waals surface area (Å²) in [5.74, 6) is 3.28. The SMILES string of the molecule is CC1(C)CC[C@]2(C3OCCO3)CC[C@]3(C)[C@H](CC[C@@H]4[C@@]5(C)CCC(=O)C(C)(C)[C@@H]5CC[C@]43C)[C@@H]2C1. The Labute approximate surface area is 214 Å². The molecule has 35 heavy (non-hydrogen) atoms. The average Bonchev–Trinajstić information content (AvgIpc) is 3.32. The zero-order chi connectivity index (χ0) is 25.1. The minimum atomic E-state index is -0.154. The fourth-order valence-electron chi connectivity index (χ4n) is 12.0. The monoisotopic (exact) mass is 484 g/mol. The van der Waals surface area contributed by atoms with E-state index >= 15 is 0 Å². The summed E-state index contributed by atoms with van der Waals surface area (Å²) in [5.41, 5.74) is 1.52. The number of Topliss-reactive ketones (excluding diaryl/α,β-unsaturated/α-hetero) is 1. The zero-order valence-corrected chi connectivity index (χ0v) is 23.8. The number of ketones is 1. The minimum Gasteiger partial charge on any atom is -0.350 e. The third-order valence-corrected chi connectivity index (χ3v) is 14.1. The maximum Gasteiger partial charge on any atom is 0.163 e. The van der Waals surface area contributed by atoms with Crippen LogP contribution in [0.3, 0.4) is 0 Å². The van der Waals surface area contributed by atoms with Crippen molar-refractivity contribution in [2.45, 2.75) is 125 Å². The van der Waals surface area contributed by atoms with Crippen LogP contribution in [0.15, 0.2) is 0 Å². The van der Waals surface area contributed by atoms with Crippen molar-refractivity contribution in [1.82, 2.24) is 0 Å². The van der Waals surface area contributed by atoms with Gasteiger partial charge in [-0.1, -0.05) is 48.5 Å². The van der Waals surface area contributed by atoms with Crippen LogP contribution in [-0.2, 0) is 14.3 Å². The quantitative estimate of drug-likeness (QED) is 0.381. The van der Waals surface area contributed by atoms with Gasteiger partial charge in [0.1, 0.15) is 5.78 Å². The van der Waals surface area contributed by atoms with Gasteiger partial charge in [-0.3, -0.25) is 4.79 Å². The first-order chi connectivity index (χ1) is 16.3. The van der Waals surface area contributed by atoms with Gasteiger partial charge in [-0.25, -0.2) is 0 Å². The molecular formula is C32H52O3. The molecule has 0 bridgehead atoms. The number of hydrogen-bond donors (Lipinski definition) is 0. The van der Waals surface area contributed by atoms with E-state index in [1.807, 2.05) is 0 Å². The molecule has 0 radical (unpaired) electrons. The Kier molecular flexibility index (Phi) is 5.39. The minimum absolute atomic E-state index is 0.0251. The molecular weight excluding hydrogens is 432 g/mol. The molecule has 0 amide bonds. The summed E-state index contributed by atoms with van der Waals surface area (Å²) in [6.07, 6.45) is 13.7. The molecule has 0 N–H and O–H groups in total. The molecule has 6 rings (SSSR count). The van der Waals surface area contributed by atoms with Crippen LogP contribution in [0, 0.1) is 56.2 Å². The highest BCUT2D eigenvalue weighted by atomic mass is 16.7. The maximum absolute atomic E-state index is 13.0. The van der Waals surface area contributed by atoms with E-state index in [1.165, 1.54) is 57.8 Å². The predicted molar refractivity (Wildman–Crippen MR) is 140 cm³/mol. The fourth-order valence-corrected chi connectivity index (χ4v) is 12.0. The Morgan fingerprint density at radius 1 is 0.686 bits per heavy atom. The molecule has 5 saturated carbocycles. The summed E-state index contributed by atoms with van der Waals surface area (Å²) in [4.78, 5) is 13.0. The van der Waals surface area contributed by atoms with Gasteiger partial charge in [0.2, 0.25) is 0 Å². The molecule has 1 saturated heterocycles. The molecule has 1 heterocycles. The molecule has 0 aromatic carbocycles. The summed E-state index contributed by atoms with van der Waals surface area (Å²) in [6, 6.07) is 0. The highest BCUT2D eigenvalue weighted by Gasteiger charge is 2.71. The largest absolute Gasteiger partial charge is 0.350 e. The lowest BCUT2D eigenvalue weighted by Gasteiger charge is -2.73. The highest BCUT2D eigenvalue weighted by Crippen LogP contribution is 2.77. The first kappa shape index (κ1) is 24.9. The van der Waals surface area contributed by atoms with E-state index in [9.17, 15) is 4.79 Å². The van der Waals surface area contributed by atoms with Crippen LogP contribution < -0.4 is 0 Å². The molecule has 3 nitrogen and oxygen atoms in total. The van der Waals surface area contributed by atoms with Gasteiger partial charge in [0.05, 0.1) is 13.2 Å². The Balaban J connectivity index is 1.38. The third kappa shape index (κ3) is 3.12. The predicted octanol–water partition coefficient (Wildman–Crippen LogP) is 7.81. The van der Waals surface area contributed by atoms with Gasteiger partial charge >= 0.3 is 0 Å². The van der Waals surface area contributed by atoms with Crippen molar-refractivity contribution in [3.8, 4) is 0 Å². The summed E-state index contributed by atoms with van der Waals surface area (Å²) in [6.45, 7) is 19.2. The smallest absolute Gasteiger partial charge is 0.163 e. The van der Waals surface area contributed by atoms with E-state index in [0.29, 0.717) is 39.3 Å². The Hall–Kier alpha value is -0.410. The molecule has 5 aliphatic carbocycles. The number of ether oxygens (including phenoxy) is 2. The lowest BCUT2D eigenvalue weighted by molar-refractivity contribution is -0.273. The molecule has 6 fully saturated rings. The summed E-state index contributed by atoms with van der Waals surface area (Å²) in [7, 11) is 0.